The lowest BCUT2D eigenvalue weighted by molar-refractivity contribution is 0.0956. The van der Waals surface area contributed by atoms with Crippen LogP contribution in [0.3, 0.4) is 0 Å². The van der Waals surface area contributed by atoms with Crippen molar-refractivity contribution < 1.29 is 14.0 Å². The Kier molecular flexibility index (Phi) is 5.63. The van der Waals surface area contributed by atoms with Gasteiger partial charge in [-0.2, -0.15) is 0 Å². The van der Waals surface area contributed by atoms with Crippen LogP contribution in [0, 0.1) is 13.8 Å². The van der Waals surface area contributed by atoms with Crippen molar-refractivity contribution in [3.05, 3.63) is 53.0 Å². The maximum Gasteiger partial charge on any atom is 0.319 e. The van der Waals surface area contributed by atoms with E-state index in [1.807, 2.05) is 33.8 Å². The van der Waals surface area contributed by atoms with Gasteiger partial charge < -0.3 is 20.4 Å². The van der Waals surface area contributed by atoms with Gasteiger partial charge in [0.2, 0.25) is 0 Å². The topological polar surface area (TPSA) is 83.4 Å². The number of hydrogen-bond donors (Lipinski definition) is 3. The number of hydrogen-bond acceptors (Lipinski definition) is 3. The summed E-state index contributed by atoms with van der Waals surface area (Å²) in [7, 11) is 0. The zero-order valence-electron chi connectivity index (χ0n) is 14.4. The summed E-state index contributed by atoms with van der Waals surface area (Å²) < 4.78 is 5.48. The molecule has 24 heavy (non-hydrogen) atoms. The van der Waals surface area contributed by atoms with Gasteiger partial charge in [-0.05, 0) is 52.0 Å². The number of rotatable bonds is 5. The highest BCUT2D eigenvalue weighted by molar-refractivity contribution is 5.96. The molecule has 6 nitrogen and oxygen atoms in total. The monoisotopic (exact) mass is 329 g/mol. The second-order valence-electron chi connectivity index (χ2n) is 5.63. The van der Waals surface area contributed by atoms with E-state index in [-0.39, 0.29) is 18.0 Å². The molecular formula is C18H23N3O3. The first-order chi connectivity index (χ1) is 11.4. The van der Waals surface area contributed by atoms with Gasteiger partial charge in [-0.15, -0.1) is 0 Å². The minimum Gasteiger partial charge on any atom is -0.466 e. The SMILES string of the molecule is CCNC(=O)c1cccc(NC(=O)NC(C)c2cc(C)oc2C)c1. The third-order valence-electron chi connectivity index (χ3n) is 3.61. The van der Waals surface area contributed by atoms with E-state index in [4.69, 9.17) is 4.42 Å². The molecule has 0 radical (unpaired) electrons. The van der Waals surface area contributed by atoms with Crippen LogP contribution in [0.25, 0.3) is 0 Å². The Balaban J connectivity index is 2.00. The molecule has 1 unspecified atom stereocenters. The summed E-state index contributed by atoms with van der Waals surface area (Å²) in [6.45, 7) is 8.04. The van der Waals surface area contributed by atoms with Crippen molar-refractivity contribution in [2.24, 2.45) is 0 Å². The zero-order chi connectivity index (χ0) is 17.7. The summed E-state index contributed by atoms with van der Waals surface area (Å²) >= 11 is 0. The van der Waals surface area contributed by atoms with Gasteiger partial charge >= 0.3 is 6.03 Å². The van der Waals surface area contributed by atoms with Gasteiger partial charge in [-0.1, -0.05) is 6.07 Å². The Labute approximate surface area is 141 Å². The molecule has 0 aliphatic carbocycles. The first-order valence-electron chi connectivity index (χ1n) is 7.93. The summed E-state index contributed by atoms with van der Waals surface area (Å²) in [6.07, 6.45) is 0. The average Bonchev–Trinajstić information content (AvgIpc) is 2.86. The molecule has 1 aromatic carbocycles. The van der Waals surface area contributed by atoms with E-state index in [2.05, 4.69) is 16.0 Å². The Bertz CT molecular complexity index is 737. The third kappa shape index (κ3) is 4.38. The van der Waals surface area contributed by atoms with E-state index >= 15 is 0 Å². The van der Waals surface area contributed by atoms with Gasteiger partial charge in [0.05, 0.1) is 6.04 Å². The highest BCUT2D eigenvalue weighted by Crippen LogP contribution is 2.21. The minimum atomic E-state index is -0.339. The van der Waals surface area contributed by atoms with Crippen molar-refractivity contribution in [1.29, 1.82) is 0 Å². The molecule has 0 saturated heterocycles. The van der Waals surface area contributed by atoms with Crippen LogP contribution in [0.2, 0.25) is 0 Å². The molecule has 0 spiro atoms. The second kappa shape index (κ2) is 7.68. The Hall–Kier alpha value is -2.76. The predicted octanol–water partition coefficient (Wildman–Crippen LogP) is 3.53. The standard InChI is InChI=1S/C18H23N3O3/c1-5-19-17(22)14-7-6-8-15(10-14)21-18(23)20-12(3)16-9-11(2)24-13(16)4/h6-10,12H,5H2,1-4H3,(H,19,22)(H2,20,21,23). The van der Waals surface area contributed by atoms with Gasteiger partial charge in [0.25, 0.3) is 5.91 Å². The Morgan fingerprint density at radius 2 is 1.96 bits per heavy atom. The lowest BCUT2D eigenvalue weighted by Gasteiger charge is -2.14. The quantitative estimate of drug-likeness (QED) is 0.784. The average molecular weight is 329 g/mol. The molecule has 0 aliphatic heterocycles. The number of carbonyl (C=O) groups is 2. The lowest BCUT2D eigenvalue weighted by Crippen LogP contribution is -2.31. The number of furan rings is 1. The molecule has 3 N–H and O–H groups in total. The molecule has 0 saturated carbocycles. The molecular weight excluding hydrogens is 306 g/mol. The molecule has 6 heteroatoms. The minimum absolute atomic E-state index is 0.167. The van der Waals surface area contributed by atoms with E-state index in [9.17, 15) is 9.59 Å². The zero-order valence-corrected chi connectivity index (χ0v) is 14.4. The van der Waals surface area contributed by atoms with E-state index in [0.29, 0.717) is 17.8 Å². The summed E-state index contributed by atoms with van der Waals surface area (Å²) in [5.74, 6) is 1.43. The van der Waals surface area contributed by atoms with Crippen LogP contribution in [0.1, 0.15) is 47.3 Å². The van der Waals surface area contributed by atoms with Gasteiger partial charge in [-0.25, -0.2) is 4.79 Å². The van der Waals surface area contributed by atoms with E-state index in [1.165, 1.54) is 0 Å². The third-order valence-corrected chi connectivity index (χ3v) is 3.61. The van der Waals surface area contributed by atoms with Crippen LogP contribution in [0.4, 0.5) is 10.5 Å². The van der Waals surface area contributed by atoms with E-state index in [1.54, 1.807) is 24.3 Å². The smallest absolute Gasteiger partial charge is 0.319 e. The van der Waals surface area contributed by atoms with Crippen LogP contribution in [0.5, 0.6) is 0 Å². The van der Waals surface area contributed by atoms with E-state index in [0.717, 1.165) is 17.1 Å². The van der Waals surface area contributed by atoms with Crippen molar-refractivity contribution >= 4 is 17.6 Å². The first kappa shape index (κ1) is 17.6. The van der Waals surface area contributed by atoms with Gasteiger partial charge in [-0.3, -0.25) is 4.79 Å². The molecule has 2 aromatic rings. The maximum atomic E-state index is 12.2. The number of urea groups is 1. The van der Waals surface area contributed by atoms with Crippen LogP contribution in [-0.4, -0.2) is 18.5 Å². The highest BCUT2D eigenvalue weighted by atomic mass is 16.3. The highest BCUT2D eigenvalue weighted by Gasteiger charge is 2.15. The Morgan fingerprint density at radius 3 is 2.58 bits per heavy atom. The fourth-order valence-corrected chi connectivity index (χ4v) is 2.52. The molecule has 0 fully saturated rings. The van der Waals surface area contributed by atoms with Crippen LogP contribution in [0.15, 0.2) is 34.7 Å². The van der Waals surface area contributed by atoms with Gasteiger partial charge in [0, 0.05) is 23.4 Å². The van der Waals surface area contributed by atoms with Crippen LogP contribution >= 0.6 is 0 Å². The maximum absolute atomic E-state index is 12.2. The number of aryl methyl sites for hydroxylation is 2. The van der Waals surface area contributed by atoms with E-state index < -0.39 is 0 Å². The largest absolute Gasteiger partial charge is 0.466 e. The summed E-state index contributed by atoms with van der Waals surface area (Å²) in [4.78, 5) is 24.0. The lowest BCUT2D eigenvalue weighted by atomic mass is 10.1. The van der Waals surface area contributed by atoms with Crippen LogP contribution in [-0.2, 0) is 0 Å². The summed E-state index contributed by atoms with van der Waals surface area (Å²) in [5.41, 5.74) is 2.01. The van der Waals surface area contributed by atoms with Crippen molar-refractivity contribution in [1.82, 2.24) is 10.6 Å². The van der Waals surface area contributed by atoms with Gasteiger partial charge in [0.15, 0.2) is 0 Å². The summed E-state index contributed by atoms with van der Waals surface area (Å²) in [6, 6.07) is 8.20. The summed E-state index contributed by atoms with van der Waals surface area (Å²) in [5, 5.41) is 8.33. The molecule has 1 aromatic heterocycles. The molecule has 1 atom stereocenters. The molecule has 0 bridgehead atoms. The number of nitrogens with one attached hydrogen (secondary N) is 3. The van der Waals surface area contributed by atoms with Crippen LogP contribution < -0.4 is 16.0 Å². The fourth-order valence-electron chi connectivity index (χ4n) is 2.52. The van der Waals surface area contributed by atoms with Gasteiger partial charge in [0.1, 0.15) is 11.5 Å². The van der Waals surface area contributed by atoms with Crippen molar-refractivity contribution in [2.45, 2.75) is 33.7 Å². The second-order valence-corrected chi connectivity index (χ2v) is 5.63. The molecule has 0 aliphatic rings. The molecule has 2 rings (SSSR count). The van der Waals surface area contributed by atoms with Crippen molar-refractivity contribution in [3.63, 3.8) is 0 Å². The number of carbonyl (C=O) groups excluding carboxylic acids is 2. The molecule has 3 amide bonds. The fraction of sp³-hybridized carbons (Fsp3) is 0.333. The van der Waals surface area contributed by atoms with Crippen molar-refractivity contribution in [2.75, 3.05) is 11.9 Å². The molecule has 128 valence electrons. The van der Waals surface area contributed by atoms with Crippen molar-refractivity contribution in [3.8, 4) is 0 Å². The Morgan fingerprint density at radius 1 is 1.21 bits per heavy atom. The number of anilines is 1. The predicted molar refractivity (Wildman–Crippen MR) is 93.2 cm³/mol. The molecule has 1 heterocycles. The normalized spacial score (nSPS) is 11.7. The number of amides is 3. The first-order valence-corrected chi connectivity index (χ1v) is 7.93. The number of benzene rings is 1.